The van der Waals surface area contributed by atoms with Gasteiger partial charge in [-0.25, -0.2) is 0 Å². The number of aromatic nitrogens is 2. The van der Waals surface area contributed by atoms with Gasteiger partial charge < -0.3 is 0 Å². The van der Waals surface area contributed by atoms with Crippen LogP contribution >= 0.6 is 0 Å². The minimum Gasteiger partial charge on any atom is -0.294 e. The Kier molecular flexibility index (Phi) is 3.27. The van der Waals surface area contributed by atoms with Gasteiger partial charge in [-0.15, -0.1) is 0 Å². The van der Waals surface area contributed by atoms with Gasteiger partial charge in [-0.3, -0.25) is 14.8 Å². The van der Waals surface area contributed by atoms with Gasteiger partial charge in [-0.05, 0) is 12.1 Å². The Morgan fingerprint density at radius 2 is 1.89 bits per heavy atom. The van der Waals surface area contributed by atoms with Gasteiger partial charge >= 0.3 is 6.18 Å². The summed E-state index contributed by atoms with van der Waals surface area (Å²) >= 11 is 0. The molecule has 2 rings (SSSR count). The number of alkyl halides is 3. The number of fused-ring (bicyclic) bond motifs is 1. The highest BCUT2D eigenvalue weighted by Crippen LogP contribution is 2.24. The maximum atomic E-state index is 12.1. The second-order valence-corrected chi connectivity index (χ2v) is 3.77. The first-order valence-corrected chi connectivity index (χ1v) is 5.27. The van der Waals surface area contributed by atoms with E-state index in [0.29, 0.717) is 11.0 Å². The van der Waals surface area contributed by atoms with Crippen molar-refractivity contribution in [1.82, 2.24) is 9.97 Å². The Hall–Kier alpha value is -1.98. The maximum absolute atomic E-state index is 12.1. The Bertz CT molecular complexity index is 576. The summed E-state index contributed by atoms with van der Waals surface area (Å²) in [4.78, 5) is 19.7. The molecule has 0 atom stereocenters. The number of nitrogens with zero attached hydrogens (tertiary/aromatic N) is 2. The molecule has 0 unspecified atom stereocenters. The van der Waals surface area contributed by atoms with Crippen molar-refractivity contribution in [2.45, 2.75) is 19.0 Å². The van der Waals surface area contributed by atoms with Gasteiger partial charge in [0.25, 0.3) is 0 Å². The number of para-hydroxylation sites is 1. The largest absolute Gasteiger partial charge is 0.389 e. The second-order valence-electron chi connectivity index (χ2n) is 3.77. The van der Waals surface area contributed by atoms with Gasteiger partial charge in [-0.2, -0.15) is 13.2 Å². The van der Waals surface area contributed by atoms with Crippen LogP contribution in [0.1, 0.15) is 23.2 Å². The topological polar surface area (TPSA) is 42.9 Å². The maximum Gasteiger partial charge on any atom is 0.389 e. The van der Waals surface area contributed by atoms with E-state index < -0.39 is 24.8 Å². The van der Waals surface area contributed by atoms with Gasteiger partial charge in [0.1, 0.15) is 0 Å². The van der Waals surface area contributed by atoms with Crippen LogP contribution in [-0.4, -0.2) is 21.9 Å². The van der Waals surface area contributed by atoms with Gasteiger partial charge in [-0.1, -0.05) is 6.07 Å². The third-order valence-corrected chi connectivity index (χ3v) is 2.43. The number of hydrogen-bond donors (Lipinski definition) is 0. The molecular formula is C12H9F3N2O. The molecule has 0 aliphatic rings. The van der Waals surface area contributed by atoms with Crippen LogP contribution in [0.2, 0.25) is 0 Å². The summed E-state index contributed by atoms with van der Waals surface area (Å²) in [6.45, 7) is 0. The first-order chi connectivity index (χ1) is 8.47. The van der Waals surface area contributed by atoms with Crippen LogP contribution in [0, 0.1) is 0 Å². The fourth-order valence-electron chi connectivity index (χ4n) is 1.61. The Morgan fingerprint density at radius 3 is 2.61 bits per heavy atom. The van der Waals surface area contributed by atoms with E-state index in [1.807, 2.05) is 0 Å². The zero-order valence-corrected chi connectivity index (χ0v) is 9.24. The van der Waals surface area contributed by atoms with Crippen LogP contribution in [0.5, 0.6) is 0 Å². The summed E-state index contributed by atoms with van der Waals surface area (Å²) in [6, 6.07) is 4.70. The first kappa shape index (κ1) is 12.5. The Morgan fingerprint density at radius 1 is 1.17 bits per heavy atom. The van der Waals surface area contributed by atoms with E-state index >= 15 is 0 Å². The normalized spacial score (nSPS) is 11.7. The molecule has 0 aliphatic carbocycles. The molecule has 0 aliphatic heterocycles. The number of carbonyl (C=O) groups is 1. The lowest BCUT2D eigenvalue weighted by Crippen LogP contribution is -2.11. The van der Waals surface area contributed by atoms with Crippen LogP contribution in [0.25, 0.3) is 11.0 Å². The molecule has 6 heteroatoms. The van der Waals surface area contributed by atoms with Crippen LogP contribution in [0.3, 0.4) is 0 Å². The van der Waals surface area contributed by atoms with E-state index in [1.54, 1.807) is 12.1 Å². The lowest BCUT2D eigenvalue weighted by Gasteiger charge is -2.06. The summed E-state index contributed by atoms with van der Waals surface area (Å²) in [7, 11) is 0. The van der Waals surface area contributed by atoms with Gasteiger partial charge in [0, 0.05) is 24.4 Å². The van der Waals surface area contributed by atoms with Crippen molar-refractivity contribution in [3.63, 3.8) is 0 Å². The molecule has 1 heterocycles. The van der Waals surface area contributed by atoms with Crippen molar-refractivity contribution in [2.24, 2.45) is 0 Å². The zero-order chi connectivity index (χ0) is 13.2. The standard InChI is InChI=1S/C12H9F3N2O/c13-12(14,15)5-4-10(18)8-2-1-3-9-11(8)17-7-6-16-9/h1-3,6-7H,4-5H2. The smallest absolute Gasteiger partial charge is 0.294 e. The lowest BCUT2D eigenvalue weighted by atomic mass is 10.0. The molecule has 0 N–H and O–H groups in total. The van der Waals surface area contributed by atoms with E-state index in [2.05, 4.69) is 9.97 Å². The van der Waals surface area contributed by atoms with Crippen LogP contribution < -0.4 is 0 Å². The molecule has 1 aromatic heterocycles. The van der Waals surface area contributed by atoms with Gasteiger partial charge in [0.2, 0.25) is 0 Å². The van der Waals surface area contributed by atoms with Crippen LogP contribution in [0.15, 0.2) is 30.6 Å². The fraction of sp³-hybridized carbons (Fsp3) is 0.250. The minimum absolute atomic E-state index is 0.185. The number of hydrogen-bond acceptors (Lipinski definition) is 3. The third-order valence-electron chi connectivity index (χ3n) is 2.43. The highest BCUT2D eigenvalue weighted by atomic mass is 19.4. The van der Waals surface area contributed by atoms with E-state index in [1.165, 1.54) is 18.5 Å². The minimum atomic E-state index is -4.33. The quantitative estimate of drug-likeness (QED) is 0.790. The lowest BCUT2D eigenvalue weighted by molar-refractivity contribution is -0.133. The molecule has 2 aromatic rings. The molecule has 0 saturated heterocycles. The van der Waals surface area contributed by atoms with Gasteiger partial charge in [0.15, 0.2) is 5.78 Å². The molecule has 0 amide bonds. The number of rotatable bonds is 3. The summed E-state index contributed by atoms with van der Waals surface area (Å²) in [6.07, 6.45) is -3.15. The molecule has 18 heavy (non-hydrogen) atoms. The van der Waals surface area contributed by atoms with E-state index in [-0.39, 0.29) is 5.56 Å². The fourth-order valence-corrected chi connectivity index (χ4v) is 1.61. The van der Waals surface area contributed by atoms with E-state index in [9.17, 15) is 18.0 Å². The SMILES string of the molecule is O=C(CCC(F)(F)F)c1cccc2nccnc12. The van der Waals surface area contributed by atoms with Crippen molar-refractivity contribution in [3.05, 3.63) is 36.2 Å². The summed E-state index contributed by atoms with van der Waals surface area (Å²) in [5.74, 6) is -0.571. The van der Waals surface area contributed by atoms with Crippen molar-refractivity contribution in [2.75, 3.05) is 0 Å². The highest BCUT2D eigenvalue weighted by molar-refractivity contribution is 6.05. The van der Waals surface area contributed by atoms with Crippen LogP contribution in [-0.2, 0) is 0 Å². The molecule has 94 valence electrons. The van der Waals surface area contributed by atoms with Crippen LogP contribution in [0.4, 0.5) is 13.2 Å². The third kappa shape index (κ3) is 2.82. The van der Waals surface area contributed by atoms with Crippen molar-refractivity contribution in [1.29, 1.82) is 0 Å². The first-order valence-electron chi connectivity index (χ1n) is 5.27. The second kappa shape index (κ2) is 4.72. The predicted molar refractivity (Wildman–Crippen MR) is 59.2 cm³/mol. The van der Waals surface area contributed by atoms with Gasteiger partial charge in [0.05, 0.1) is 17.5 Å². The summed E-state index contributed by atoms with van der Waals surface area (Å²) < 4.78 is 36.2. The Labute approximate surface area is 101 Å². The number of halogens is 3. The number of carbonyl (C=O) groups excluding carboxylic acids is 1. The molecule has 0 spiro atoms. The summed E-state index contributed by atoms with van der Waals surface area (Å²) in [5.41, 5.74) is 1.02. The number of Topliss-reactive ketones (excluding diaryl/α,β-unsaturated/α-hetero) is 1. The Balaban J connectivity index is 2.28. The average Bonchev–Trinajstić information content (AvgIpc) is 2.34. The van der Waals surface area contributed by atoms with Crippen molar-refractivity contribution >= 4 is 16.8 Å². The molecule has 0 bridgehead atoms. The summed E-state index contributed by atoms with van der Waals surface area (Å²) in [5, 5.41) is 0. The molecule has 3 nitrogen and oxygen atoms in total. The number of benzene rings is 1. The molecule has 0 radical (unpaired) electrons. The van der Waals surface area contributed by atoms with E-state index in [4.69, 9.17) is 0 Å². The highest BCUT2D eigenvalue weighted by Gasteiger charge is 2.28. The molecular weight excluding hydrogens is 245 g/mol. The number of ketones is 1. The molecule has 0 saturated carbocycles. The zero-order valence-electron chi connectivity index (χ0n) is 9.24. The molecule has 0 fully saturated rings. The monoisotopic (exact) mass is 254 g/mol. The predicted octanol–water partition coefficient (Wildman–Crippen LogP) is 3.16. The van der Waals surface area contributed by atoms with Crippen molar-refractivity contribution < 1.29 is 18.0 Å². The van der Waals surface area contributed by atoms with E-state index in [0.717, 1.165) is 0 Å². The average molecular weight is 254 g/mol. The van der Waals surface area contributed by atoms with Crippen molar-refractivity contribution in [3.8, 4) is 0 Å². The molecule has 1 aromatic carbocycles.